The van der Waals surface area contributed by atoms with Crippen molar-refractivity contribution in [2.75, 3.05) is 14.2 Å². The normalized spacial score (nSPS) is 11.0. The summed E-state index contributed by atoms with van der Waals surface area (Å²) in [6, 6.07) is 12.5. The number of carbonyl (C=O) groups is 1. The maximum Gasteiger partial charge on any atom is 0.244 e. The van der Waals surface area contributed by atoms with Gasteiger partial charge in [-0.05, 0) is 47.9 Å². The highest BCUT2D eigenvalue weighted by atomic mass is 16.5. The molecule has 2 aromatic carbocycles. The molecule has 0 aromatic heterocycles. The van der Waals surface area contributed by atoms with E-state index in [1.165, 1.54) is 13.2 Å². The lowest BCUT2D eigenvalue weighted by atomic mass is 10.1. The number of aromatic hydroxyl groups is 1. The minimum Gasteiger partial charge on any atom is -0.504 e. The van der Waals surface area contributed by atoms with Crippen molar-refractivity contribution in [1.82, 2.24) is 5.32 Å². The summed E-state index contributed by atoms with van der Waals surface area (Å²) in [5, 5.41) is 12.4. The molecule has 0 unspecified atom stereocenters. The molecule has 126 valence electrons. The van der Waals surface area contributed by atoms with Crippen molar-refractivity contribution in [2.45, 2.75) is 13.5 Å². The van der Waals surface area contributed by atoms with Crippen LogP contribution in [0, 0.1) is 0 Å². The molecule has 0 radical (unpaired) electrons. The van der Waals surface area contributed by atoms with E-state index in [4.69, 9.17) is 9.47 Å². The third kappa shape index (κ3) is 4.52. The van der Waals surface area contributed by atoms with Crippen LogP contribution in [-0.2, 0) is 11.3 Å². The standard InChI is InChI=1S/C19H21NO4/c1-13(15-5-4-6-16(11-15)23-2)9-19(22)20-12-14-7-8-17(21)18(10-14)24-3/h4-11,21H,12H2,1-3H3,(H,20,22)/b13-9+. The number of phenolic OH excluding ortho intramolecular Hbond substituents is 1. The van der Waals surface area contributed by atoms with E-state index in [9.17, 15) is 9.90 Å². The molecule has 0 aliphatic rings. The lowest BCUT2D eigenvalue weighted by Gasteiger charge is -2.08. The van der Waals surface area contributed by atoms with Gasteiger partial charge in [0.15, 0.2) is 11.5 Å². The first kappa shape index (κ1) is 17.4. The Bertz CT molecular complexity index is 753. The van der Waals surface area contributed by atoms with Crippen molar-refractivity contribution in [3.8, 4) is 17.2 Å². The van der Waals surface area contributed by atoms with Gasteiger partial charge < -0.3 is 19.9 Å². The van der Waals surface area contributed by atoms with Crippen LogP contribution in [0.2, 0.25) is 0 Å². The van der Waals surface area contributed by atoms with E-state index in [1.807, 2.05) is 31.2 Å². The van der Waals surface area contributed by atoms with Gasteiger partial charge in [-0.2, -0.15) is 0 Å². The van der Waals surface area contributed by atoms with Crippen molar-refractivity contribution in [1.29, 1.82) is 0 Å². The third-order valence-electron chi connectivity index (χ3n) is 3.58. The SMILES string of the molecule is COc1cccc(/C(C)=C/C(=O)NCc2ccc(O)c(OC)c2)c1. The quantitative estimate of drug-likeness (QED) is 0.800. The molecule has 0 spiro atoms. The smallest absolute Gasteiger partial charge is 0.244 e. The molecule has 0 saturated carbocycles. The highest BCUT2D eigenvalue weighted by Gasteiger charge is 2.05. The van der Waals surface area contributed by atoms with Crippen LogP contribution in [-0.4, -0.2) is 25.2 Å². The molecule has 2 N–H and O–H groups in total. The van der Waals surface area contributed by atoms with Gasteiger partial charge in [0.05, 0.1) is 14.2 Å². The molecular weight excluding hydrogens is 306 g/mol. The molecule has 0 aliphatic heterocycles. The van der Waals surface area contributed by atoms with Gasteiger partial charge in [0.25, 0.3) is 0 Å². The first-order valence-corrected chi connectivity index (χ1v) is 7.50. The predicted octanol–water partition coefficient (Wildman–Crippen LogP) is 3.13. The van der Waals surface area contributed by atoms with Crippen LogP contribution in [0.25, 0.3) is 5.57 Å². The van der Waals surface area contributed by atoms with Crippen LogP contribution in [0.1, 0.15) is 18.1 Å². The minimum absolute atomic E-state index is 0.0707. The second-order valence-corrected chi connectivity index (χ2v) is 5.28. The summed E-state index contributed by atoms with van der Waals surface area (Å²) in [5.41, 5.74) is 2.61. The summed E-state index contributed by atoms with van der Waals surface area (Å²) in [6.45, 7) is 2.22. The Morgan fingerprint density at radius 1 is 1.17 bits per heavy atom. The molecule has 24 heavy (non-hydrogen) atoms. The Morgan fingerprint density at radius 2 is 1.96 bits per heavy atom. The summed E-state index contributed by atoms with van der Waals surface area (Å²) in [4.78, 5) is 12.1. The number of hydrogen-bond acceptors (Lipinski definition) is 4. The number of rotatable bonds is 6. The number of benzene rings is 2. The third-order valence-corrected chi connectivity index (χ3v) is 3.58. The zero-order valence-corrected chi connectivity index (χ0v) is 14.0. The van der Waals surface area contributed by atoms with Crippen molar-refractivity contribution in [3.05, 3.63) is 59.7 Å². The van der Waals surface area contributed by atoms with Gasteiger partial charge in [-0.15, -0.1) is 0 Å². The van der Waals surface area contributed by atoms with Gasteiger partial charge in [0.1, 0.15) is 5.75 Å². The van der Waals surface area contributed by atoms with Gasteiger partial charge in [0.2, 0.25) is 5.91 Å². The van der Waals surface area contributed by atoms with Crippen LogP contribution < -0.4 is 14.8 Å². The number of methoxy groups -OCH3 is 2. The molecule has 5 heteroatoms. The van der Waals surface area contributed by atoms with Gasteiger partial charge in [-0.1, -0.05) is 18.2 Å². The van der Waals surface area contributed by atoms with Crippen LogP contribution >= 0.6 is 0 Å². The molecule has 0 atom stereocenters. The van der Waals surface area contributed by atoms with Crippen molar-refractivity contribution < 1.29 is 19.4 Å². The van der Waals surface area contributed by atoms with Crippen LogP contribution in [0.4, 0.5) is 0 Å². The average Bonchev–Trinajstić information content (AvgIpc) is 2.61. The fraction of sp³-hybridized carbons (Fsp3) is 0.211. The zero-order valence-electron chi connectivity index (χ0n) is 14.0. The van der Waals surface area contributed by atoms with E-state index in [2.05, 4.69) is 5.32 Å². The number of nitrogens with one attached hydrogen (secondary N) is 1. The molecule has 0 aliphatic carbocycles. The van der Waals surface area contributed by atoms with Gasteiger partial charge in [-0.3, -0.25) is 4.79 Å². The highest BCUT2D eigenvalue weighted by Crippen LogP contribution is 2.26. The molecule has 2 aromatic rings. The van der Waals surface area contributed by atoms with Gasteiger partial charge in [-0.25, -0.2) is 0 Å². The van der Waals surface area contributed by atoms with Gasteiger partial charge >= 0.3 is 0 Å². The lowest BCUT2D eigenvalue weighted by Crippen LogP contribution is -2.20. The van der Waals surface area contributed by atoms with E-state index < -0.39 is 0 Å². The van der Waals surface area contributed by atoms with E-state index in [-0.39, 0.29) is 11.7 Å². The van der Waals surface area contributed by atoms with Crippen LogP contribution in [0.15, 0.2) is 48.5 Å². The zero-order chi connectivity index (χ0) is 17.5. The average molecular weight is 327 g/mol. The monoisotopic (exact) mass is 327 g/mol. The number of carbonyl (C=O) groups excluding carboxylic acids is 1. The number of amides is 1. The lowest BCUT2D eigenvalue weighted by molar-refractivity contribution is -0.116. The fourth-order valence-corrected chi connectivity index (χ4v) is 2.22. The van der Waals surface area contributed by atoms with E-state index in [1.54, 1.807) is 25.3 Å². The maximum atomic E-state index is 12.1. The van der Waals surface area contributed by atoms with Crippen LogP contribution in [0.3, 0.4) is 0 Å². The van der Waals surface area contributed by atoms with Crippen molar-refractivity contribution >= 4 is 11.5 Å². The van der Waals surface area contributed by atoms with Gasteiger partial charge in [0, 0.05) is 12.6 Å². The molecule has 2 rings (SSSR count). The fourth-order valence-electron chi connectivity index (χ4n) is 2.22. The van der Waals surface area contributed by atoms with Crippen LogP contribution in [0.5, 0.6) is 17.2 Å². The number of hydrogen-bond donors (Lipinski definition) is 2. The Balaban J connectivity index is 2.01. The first-order valence-electron chi connectivity index (χ1n) is 7.50. The summed E-state index contributed by atoms with van der Waals surface area (Å²) < 4.78 is 10.2. The topological polar surface area (TPSA) is 67.8 Å². The summed E-state index contributed by atoms with van der Waals surface area (Å²) in [5.74, 6) is 1.01. The Hall–Kier alpha value is -2.95. The summed E-state index contributed by atoms with van der Waals surface area (Å²) in [7, 11) is 3.09. The van der Waals surface area contributed by atoms with Crippen molar-refractivity contribution in [2.24, 2.45) is 0 Å². The van der Waals surface area contributed by atoms with E-state index in [0.717, 1.165) is 22.4 Å². The second-order valence-electron chi connectivity index (χ2n) is 5.28. The summed E-state index contributed by atoms with van der Waals surface area (Å²) >= 11 is 0. The van der Waals surface area contributed by atoms with E-state index >= 15 is 0 Å². The number of ether oxygens (including phenoxy) is 2. The first-order chi connectivity index (χ1) is 11.5. The number of phenols is 1. The largest absolute Gasteiger partial charge is 0.504 e. The maximum absolute atomic E-state index is 12.1. The molecule has 0 heterocycles. The highest BCUT2D eigenvalue weighted by molar-refractivity contribution is 5.94. The molecule has 0 saturated heterocycles. The minimum atomic E-state index is -0.192. The second kappa shape index (κ2) is 8.06. The number of allylic oxidation sites excluding steroid dienone is 1. The molecule has 5 nitrogen and oxygen atoms in total. The van der Waals surface area contributed by atoms with Crippen molar-refractivity contribution in [3.63, 3.8) is 0 Å². The Labute approximate surface area is 141 Å². The molecule has 0 fully saturated rings. The predicted molar refractivity (Wildman–Crippen MR) is 93.2 cm³/mol. The summed E-state index contributed by atoms with van der Waals surface area (Å²) in [6.07, 6.45) is 1.55. The molecular formula is C19H21NO4. The molecule has 1 amide bonds. The Morgan fingerprint density at radius 3 is 2.67 bits per heavy atom. The van der Waals surface area contributed by atoms with E-state index in [0.29, 0.717) is 12.3 Å². The Kier molecular flexibility index (Phi) is 5.84. The molecule has 0 bridgehead atoms.